The maximum atomic E-state index is 12.9. The zero-order chi connectivity index (χ0) is 19.3. The molecule has 0 fully saturated rings. The quantitative estimate of drug-likeness (QED) is 0.482. The third-order valence-electron chi connectivity index (χ3n) is 3.57. The highest BCUT2D eigenvalue weighted by Gasteiger charge is 2.47. The summed E-state index contributed by atoms with van der Waals surface area (Å²) in [5, 5.41) is 0. The van der Waals surface area contributed by atoms with Crippen LogP contribution in [0.25, 0.3) is 22.6 Å². The maximum Gasteiger partial charge on any atom is 0.578 e. The zero-order valence-electron chi connectivity index (χ0n) is 12.9. The Morgan fingerprint density at radius 2 is 1.73 bits per heavy atom. The van der Waals surface area contributed by atoms with Crippen molar-refractivity contribution in [3.8, 4) is 11.4 Å². The summed E-state index contributed by atoms with van der Waals surface area (Å²) < 4.78 is 90.0. The van der Waals surface area contributed by atoms with Gasteiger partial charge in [-0.25, -0.2) is 9.97 Å². The van der Waals surface area contributed by atoms with Gasteiger partial charge in [0.25, 0.3) is 0 Å². The van der Waals surface area contributed by atoms with E-state index in [0.29, 0.717) is 6.20 Å². The van der Waals surface area contributed by atoms with Crippen molar-refractivity contribution in [2.24, 2.45) is 7.05 Å². The molecule has 4 nitrogen and oxygen atoms in total. The number of hydrogen-bond donors (Lipinski definition) is 0. The van der Waals surface area contributed by atoms with Crippen LogP contribution in [-0.2, 0) is 24.4 Å². The minimum absolute atomic E-state index is 0.0561. The van der Waals surface area contributed by atoms with Crippen LogP contribution in [0.15, 0.2) is 41.4 Å². The third kappa shape index (κ3) is 3.23. The molecule has 11 heteroatoms. The Kier molecular flexibility index (Phi) is 4.39. The van der Waals surface area contributed by atoms with Crippen molar-refractivity contribution in [1.82, 2.24) is 14.5 Å². The van der Waals surface area contributed by atoms with Gasteiger partial charge in [-0.05, 0) is 18.2 Å². The van der Waals surface area contributed by atoms with E-state index in [0.717, 1.165) is 12.1 Å². The van der Waals surface area contributed by atoms with Gasteiger partial charge in [0.15, 0.2) is 10.5 Å². The monoisotopic (exact) mass is 393 g/mol. The van der Waals surface area contributed by atoms with Crippen LogP contribution < -0.4 is 0 Å². The van der Waals surface area contributed by atoms with E-state index in [4.69, 9.17) is 0 Å². The Hall–Kier alpha value is -2.27. The fourth-order valence-electron chi connectivity index (χ4n) is 2.41. The van der Waals surface area contributed by atoms with Gasteiger partial charge in [0.1, 0.15) is 11.3 Å². The summed E-state index contributed by atoms with van der Waals surface area (Å²) in [6.07, 6.45) is -4.01. The van der Waals surface area contributed by atoms with Crippen LogP contribution in [0.3, 0.4) is 0 Å². The second-order valence-corrected chi connectivity index (χ2v) is 6.71. The van der Waals surface area contributed by atoms with Crippen molar-refractivity contribution >= 4 is 22.3 Å². The number of aryl methyl sites for hydroxylation is 1. The molecule has 0 amide bonds. The van der Waals surface area contributed by atoms with Gasteiger partial charge in [-0.15, -0.1) is 13.2 Å². The highest BCUT2D eigenvalue weighted by Crippen LogP contribution is 2.37. The lowest BCUT2D eigenvalue weighted by Gasteiger charge is -2.15. The van der Waals surface area contributed by atoms with E-state index in [-0.39, 0.29) is 22.6 Å². The summed E-state index contributed by atoms with van der Waals surface area (Å²) in [5.74, 6) is -0.0694. The number of imidazole rings is 1. The van der Waals surface area contributed by atoms with Crippen molar-refractivity contribution in [3.63, 3.8) is 0 Å². The number of halogens is 6. The standard InChI is InChI=1S/C15H9F6N3OS/c1-24-12(9-4-2-3-5-11(9)26(25)15(19,20)21)23-10-6-8(14(16,17)18)7-22-13(10)24/h2-7H,1H3. The molecule has 0 aliphatic carbocycles. The first kappa shape index (κ1) is 18.5. The smallest absolute Gasteiger partial charge is 0.578 e. The Morgan fingerprint density at radius 3 is 2.35 bits per heavy atom. The van der Waals surface area contributed by atoms with E-state index in [2.05, 4.69) is 9.97 Å². The molecular weight excluding hydrogens is 384 g/mol. The molecule has 2 aromatic heterocycles. The topological polar surface area (TPSA) is 53.8 Å². The van der Waals surface area contributed by atoms with Crippen LogP contribution in [0.5, 0.6) is 0 Å². The van der Waals surface area contributed by atoms with Gasteiger partial charge in [0.2, 0.25) is 0 Å². The first-order valence-corrected chi connectivity index (χ1v) is 8.13. The van der Waals surface area contributed by atoms with Crippen LogP contribution >= 0.6 is 0 Å². The Labute approximate surface area is 145 Å². The second kappa shape index (κ2) is 6.16. The maximum absolute atomic E-state index is 12.9. The van der Waals surface area contributed by atoms with E-state index in [1.54, 1.807) is 0 Å². The van der Waals surface area contributed by atoms with Gasteiger partial charge in [0.05, 0.1) is 22.3 Å². The van der Waals surface area contributed by atoms with Gasteiger partial charge in [0, 0.05) is 13.2 Å². The van der Waals surface area contributed by atoms with E-state index in [9.17, 15) is 30.9 Å². The number of pyridine rings is 1. The first-order valence-electron chi connectivity index (χ1n) is 6.98. The fourth-order valence-corrected chi connectivity index (χ4v) is 3.22. The molecule has 0 spiro atoms. The number of aromatic nitrogens is 3. The summed E-state index contributed by atoms with van der Waals surface area (Å²) in [6, 6.07) is 5.76. The Morgan fingerprint density at radius 1 is 1.08 bits per heavy atom. The van der Waals surface area contributed by atoms with Gasteiger partial charge in [-0.2, -0.15) is 13.2 Å². The first-order chi connectivity index (χ1) is 12.0. The summed E-state index contributed by atoms with van der Waals surface area (Å²) in [4.78, 5) is 7.15. The number of rotatable bonds is 2. The predicted molar refractivity (Wildman–Crippen MR) is 81.4 cm³/mol. The molecule has 0 radical (unpaired) electrons. The van der Waals surface area contributed by atoms with Crippen molar-refractivity contribution in [3.05, 3.63) is 42.1 Å². The van der Waals surface area contributed by atoms with Gasteiger partial charge in [-0.1, -0.05) is 12.1 Å². The summed E-state index contributed by atoms with van der Waals surface area (Å²) in [7, 11) is 1.40. The van der Waals surface area contributed by atoms with Crippen LogP contribution in [-0.4, -0.2) is 24.6 Å². The third-order valence-corrected chi connectivity index (χ3v) is 4.75. The highest BCUT2D eigenvalue weighted by molar-refractivity contribution is 7.92. The average Bonchev–Trinajstić information content (AvgIpc) is 2.89. The largest absolute Gasteiger partial charge is 0.604 e. The van der Waals surface area contributed by atoms with Crippen LogP contribution in [0.2, 0.25) is 0 Å². The van der Waals surface area contributed by atoms with E-state index < -0.39 is 33.3 Å². The molecule has 138 valence electrons. The lowest BCUT2D eigenvalue weighted by molar-refractivity contribution is -0.137. The van der Waals surface area contributed by atoms with Crippen molar-refractivity contribution in [2.75, 3.05) is 0 Å². The van der Waals surface area contributed by atoms with Crippen LogP contribution in [0.4, 0.5) is 26.3 Å². The van der Waals surface area contributed by atoms with Gasteiger partial charge >= 0.3 is 11.7 Å². The molecule has 0 saturated heterocycles. The average molecular weight is 393 g/mol. The summed E-state index contributed by atoms with van der Waals surface area (Å²) >= 11 is -3.31. The predicted octanol–water partition coefficient (Wildman–Crippen LogP) is 4.28. The molecule has 2 heterocycles. The molecule has 26 heavy (non-hydrogen) atoms. The summed E-state index contributed by atoms with van der Waals surface area (Å²) in [5.41, 5.74) is -6.19. The lowest BCUT2D eigenvalue weighted by atomic mass is 10.2. The molecule has 0 N–H and O–H groups in total. The highest BCUT2D eigenvalue weighted by atomic mass is 32.2. The molecule has 3 rings (SSSR count). The fraction of sp³-hybridized carbons (Fsp3) is 0.200. The second-order valence-electron chi connectivity index (χ2n) is 5.27. The van der Waals surface area contributed by atoms with Gasteiger partial charge in [-0.3, -0.25) is 0 Å². The molecular formula is C15H9F6N3OS. The van der Waals surface area contributed by atoms with E-state index in [1.165, 1.54) is 29.8 Å². The Balaban J connectivity index is 2.20. The van der Waals surface area contributed by atoms with E-state index >= 15 is 0 Å². The van der Waals surface area contributed by atoms with Crippen molar-refractivity contribution < 1.29 is 30.9 Å². The molecule has 0 aliphatic rings. The normalized spacial score (nSPS) is 14.0. The lowest BCUT2D eigenvalue weighted by Crippen LogP contribution is -2.24. The minimum Gasteiger partial charge on any atom is -0.604 e. The van der Waals surface area contributed by atoms with Gasteiger partial charge < -0.3 is 9.12 Å². The molecule has 0 aliphatic heterocycles. The van der Waals surface area contributed by atoms with Crippen molar-refractivity contribution in [2.45, 2.75) is 16.6 Å². The molecule has 0 bridgehead atoms. The number of hydrogen-bond acceptors (Lipinski definition) is 3. The number of benzene rings is 1. The molecule has 1 unspecified atom stereocenters. The number of nitrogens with zero attached hydrogens (tertiary/aromatic N) is 3. The molecule has 0 saturated carbocycles. The minimum atomic E-state index is -4.98. The zero-order valence-corrected chi connectivity index (χ0v) is 13.7. The SMILES string of the molecule is Cn1c(-c2ccccc2[S+]([O-])C(F)(F)F)nc2cc(C(F)(F)F)cnc21. The molecule has 1 atom stereocenters. The molecule has 1 aromatic carbocycles. The van der Waals surface area contributed by atoms with Crippen LogP contribution in [0, 0.1) is 0 Å². The van der Waals surface area contributed by atoms with Crippen molar-refractivity contribution in [1.29, 1.82) is 0 Å². The Bertz CT molecular complexity index is 966. The number of fused-ring (bicyclic) bond motifs is 1. The number of alkyl halides is 6. The van der Waals surface area contributed by atoms with E-state index in [1.807, 2.05) is 0 Å². The summed E-state index contributed by atoms with van der Waals surface area (Å²) in [6.45, 7) is 0. The molecule has 3 aromatic rings. The van der Waals surface area contributed by atoms with Crippen LogP contribution in [0.1, 0.15) is 5.56 Å².